The third-order valence-electron chi connectivity index (χ3n) is 3.92. The Labute approximate surface area is 167 Å². The van der Waals surface area contributed by atoms with Crippen LogP contribution in [0.1, 0.15) is 6.92 Å². The molecule has 0 bridgehead atoms. The summed E-state index contributed by atoms with van der Waals surface area (Å²) >= 11 is 1.33. The lowest BCUT2D eigenvalue weighted by molar-refractivity contribution is -0.113. The Balaban J connectivity index is 1.74. The highest BCUT2D eigenvalue weighted by Crippen LogP contribution is 2.30. The van der Waals surface area contributed by atoms with E-state index in [1.807, 2.05) is 41.8 Å². The average Bonchev–Trinajstić information content (AvgIpc) is 3.15. The lowest BCUT2D eigenvalue weighted by atomic mass is 10.3. The van der Waals surface area contributed by atoms with Crippen LogP contribution in [-0.2, 0) is 11.3 Å². The van der Waals surface area contributed by atoms with E-state index >= 15 is 0 Å². The molecular weight excluding hydrogens is 378 g/mol. The van der Waals surface area contributed by atoms with Crippen LogP contribution in [0.5, 0.6) is 11.5 Å². The van der Waals surface area contributed by atoms with Gasteiger partial charge in [-0.05, 0) is 19.1 Å². The van der Waals surface area contributed by atoms with Crippen LogP contribution in [0, 0.1) is 0 Å². The Bertz CT molecular complexity index is 946. The molecule has 0 spiro atoms. The van der Waals surface area contributed by atoms with Gasteiger partial charge in [0.15, 0.2) is 22.5 Å². The van der Waals surface area contributed by atoms with Crippen LogP contribution in [0.25, 0.3) is 11.5 Å². The number of para-hydroxylation sites is 1. The van der Waals surface area contributed by atoms with Crippen LogP contribution >= 0.6 is 11.8 Å². The van der Waals surface area contributed by atoms with Crippen LogP contribution in [-0.4, -0.2) is 45.6 Å². The number of ether oxygens (including phenoxy) is 2. The fourth-order valence-electron chi connectivity index (χ4n) is 2.58. The minimum absolute atomic E-state index is 0.104. The molecule has 3 aromatic rings. The van der Waals surface area contributed by atoms with Gasteiger partial charge in [0.25, 0.3) is 0 Å². The molecule has 2 aromatic heterocycles. The van der Waals surface area contributed by atoms with E-state index < -0.39 is 0 Å². The Hall–Kier alpha value is -3.07. The second kappa shape index (κ2) is 9.23. The zero-order valence-corrected chi connectivity index (χ0v) is 16.7. The molecule has 1 N–H and O–H groups in total. The second-order valence-corrected chi connectivity index (χ2v) is 6.62. The number of amides is 1. The van der Waals surface area contributed by atoms with E-state index in [2.05, 4.69) is 20.5 Å². The van der Waals surface area contributed by atoms with Gasteiger partial charge >= 0.3 is 0 Å². The average molecular weight is 399 g/mol. The first-order valence-corrected chi connectivity index (χ1v) is 9.64. The summed E-state index contributed by atoms with van der Waals surface area (Å²) in [4.78, 5) is 16.6. The molecule has 8 nitrogen and oxygen atoms in total. The number of benzene rings is 1. The summed E-state index contributed by atoms with van der Waals surface area (Å²) in [5.41, 5.74) is 1.38. The van der Waals surface area contributed by atoms with Gasteiger partial charge in [-0.15, -0.1) is 10.2 Å². The molecule has 0 unspecified atom stereocenters. The number of methoxy groups -OCH3 is 2. The molecule has 0 aliphatic carbocycles. The molecule has 28 heavy (non-hydrogen) atoms. The number of anilines is 1. The van der Waals surface area contributed by atoms with Crippen LogP contribution in [0.4, 0.5) is 5.69 Å². The molecule has 0 saturated heterocycles. The highest BCUT2D eigenvalue weighted by molar-refractivity contribution is 7.99. The highest BCUT2D eigenvalue weighted by Gasteiger charge is 2.17. The van der Waals surface area contributed by atoms with Crippen molar-refractivity contribution in [2.24, 2.45) is 0 Å². The van der Waals surface area contributed by atoms with E-state index in [4.69, 9.17) is 9.47 Å². The number of carbonyl (C=O) groups excluding carboxylic acids is 1. The first-order chi connectivity index (χ1) is 13.7. The van der Waals surface area contributed by atoms with Gasteiger partial charge < -0.3 is 19.4 Å². The summed E-state index contributed by atoms with van der Waals surface area (Å²) in [5, 5.41) is 12.0. The minimum Gasteiger partial charge on any atom is -0.493 e. The van der Waals surface area contributed by atoms with Crippen molar-refractivity contribution in [2.75, 3.05) is 25.3 Å². The topological polar surface area (TPSA) is 91.2 Å². The minimum atomic E-state index is -0.104. The number of aromatic nitrogens is 4. The lowest BCUT2D eigenvalue weighted by Crippen LogP contribution is -2.14. The quantitative estimate of drug-likeness (QED) is 0.582. The van der Waals surface area contributed by atoms with Crippen molar-refractivity contribution >= 4 is 23.4 Å². The zero-order valence-electron chi connectivity index (χ0n) is 15.9. The lowest BCUT2D eigenvalue weighted by Gasteiger charge is -2.10. The number of hydrogen-bond acceptors (Lipinski definition) is 7. The Morgan fingerprint density at radius 3 is 2.57 bits per heavy atom. The van der Waals surface area contributed by atoms with Crippen LogP contribution in [0.2, 0.25) is 0 Å². The first-order valence-electron chi connectivity index (χ1n) is 8.65. The van der Waals surface area contributed by atoms with Crippen molar-refractivity contribution in [3.8, 4) is 23.0 Å². The van der Waals surface area contributed by atoms with Gasteiger partial charge in [-0.1, -0.05) is 30.0 Å². The maximum absolute atomic E-state index is 12.2. The zero-order chi connectivity index (χ0) is 19.9. The van der Waals surface area contributed by atoms with E-state index in [1.54, 1.807) is 26.5 Å². The summed E-state index contributed by atoms with van der Waals surface area (Å²) in [6.07, 6.45) is 1.59. The number of nitrogens with one attached hydrogen (secondary N) is 1. The maximum atomic E-state index is 12.2. The predicted molar refractivity (Wildman–Crippen MR) is 108 cm³/mol. The first kappa shape index (κ1) is 19.7. The molecular formula is C19H21N5O3S. The number of hydrogen-bond donors (Lipinski definition) is 1. The van der Waals surface area contributed by atoms with Crippen LogP contribution in [0.15, 0.2) is 47.8 Å². The molecule has 0 atom stereocenters. The van der Waals surface area contributed by atoms with E-state index in [9.17, 15) is 4.79 Å². The van der Waals surface area contributed by atoms with Crippen LogP contribution < -0.4 is 14.8 Å². The molecule has 0 aliphatic rings. The highest BCUT2D eigenvalue weighted by atomic mass is 32.2. The number of pyridine rings is 1. The van der Waals surface area contributed by atoms with E-state index in [-0.39, 0.29) is 11.7 Å². The largest absolute Gasteiger partial charge is 0.493 e. The number of thioether (sulfide) groups is 1. The molecule has 1 aromatic carbocycles. The van der Waals surface area contributed by atoms with Gasteiger partial charge in [0.2, 0.25) is 5.91 Å². The summed E-state index contributed by atoms with van der Waals surface area (Å²) in [6, 6.07) is 11.1. The third kappa shape index (κ3) is 4.42. The number of carbonyl (C=O) groups is 1. The molecule has 0 fully saturated rings. The van der Waals surface area contributed by atoms with Gasteiger partial charge in [-0.3, -0.25) is 4.79 Å². The summed E-state index contributed by atoms with van der Waals surface area (Å²) in [5.74, 6) is 1.84. The Morgan fingerprint density at radius 2 is 1.89 bits per heavy atom. The van der Waals surface area contributed by atoms with E-state index in [1.165, 1.54) is 11.8 Å². The Kier molecular flexibility index (Phi) is 6.49. The number of nitrogens with zero attached hydrogens (tertiary/aromatic N) is 4. The molecule has 9 heteroatoms. The van der Waals surface area contributed by atoms with Crippen molar-refractivity contribution < 1.29 is 14.3 Å². The Morgan fingerprint density at radius 1 is 1.14 bits per heavy atom. The van der Waals surface area contributed by atoms with Crippen molar-refractivity contribution in [1.82, 2.24) is 19.7 Å². The standard InChI is InChI=1S/C19H21N5O3S/c1-4-24-18(14-10-15(26-2)16(27-3)11-20-14)22-23-19(24)28-12-17(25)21-13-8-6-5-7-9-13/h5-11H,4,12H2,1-3H3,(H,21,25). The maximum Gasteiger partial charge on any atom is 0.234 e. The second-order valence-electron chi connectivity index (χ2n) is 5.68. The molecule has 0 aliphatic heterocycles. The van der Waals surface area contributed by atoms with Gasteiger partial charge in [0.05, 0.1) is 26.2 Å². The molecule has 3 rings (SSSR count). The number of rotatable bonds is 8. The normalized spacial score (nSPS) is 10.5. The van der Waals surface area contributed by atoms with E-state index in [0.717, 1.165) is 5.69 Å². The van der Waals surface area contributed by atoms with Gasteiger partial charge in [-0.2, -0.15) is 0 Å². The van der Waals surface area contributed by atoms with Crippen molar-refractivity contribution in [3.63, 3.8) is 0 Å². The van der Waals surface area contributed by atoms with Gasteiger partial charge in [0, 0.05) is 18.3 Å². The molecule has 0 radical (unpaired) electrons. The predicted octanol–water partition coefficient (Wildman–Crippen LogP) is 3.11. The summed E-state index contributed by atoms with van der Waals surface area (Å²) in [7, 11) is 3.13. The SMILES string of the molecule is CCn1c(SCC(=O)Nc2ccccc2)nnc1-c1cc(OC)c(OC)cn1. The van der Waals surface area contributed by atoms with Crippen LogP contribution in [0.3, 0.4) is 0 Å². The van der Waals surface area contributed by atoms with Gasteiger partial charge in [-0.25, -0.2) is 4.98 Å². The van der Waals surface area contributed by atoms with Crippen molar-refractivity contribution in [2.45, 2.75) is 18.6 Å². The third-order valence-corrected chi connectivity index (χ3v) is 4.89. The summed E-state index contributed by atoms with van der Waals surface area (Å²) in [6.45, 7) is 2.63. The molecule has 1 amide bonds. The fraction of sp³-hybridized carbons (Fsp3) is 0.263. The van der Waals surface area contributed by atoms with E-state index in [0.29, 0.717) is 34.7 Å². The molecule has 146 valence electrons. The monoisotopic (exact) mass is 399 g/mol. The fourth-order valence-corrected chi connectivity index (χ4v) is 3.38. The smallest absolute Gasteiger partial charge is 0.234 e. The van der Waals surface area contributed by atoms with Gasteiger partial charge in [0.1, 0.15) is 5.69 Å². The summed E-state index contributed by atoms with van der Waals surface area (Å²) < 4.78 is 12.5. The van der Waals surface area contributed by atoms with Crippen molar-refractivity contribution in [1.29, 1.82) is 0 Å². The molecule has 2 heterocycles. The van der Waals surface area contributed by atoms with Crippen molar-refractivity contribution in [3.05, 3.63) is 42.6 Å². The molecule has 0 saturated carbocycles.